The number of fused-ring (bicyclic) bond motifs is 1. The van der Waals surface area contributed by atoms with E-state index in [1.807, 2.05) is 11.4 Å². The van der Waals surface area contributed by atoms with Gasteiger partial charge in [-0.25, -0.2) is 9.97 Å². The summed E-state index contributed by atoms with van der Waals surface area (Å²) in [5.41, 5.74) is 0.556. The molecule has 4 nitrogen and oxygen atoms in total. The maximum absolute atomic E-state index is 12.2. The predicted octanol–water partition coefficient (Wildman–Crippen LogP) is 4.77. The van der Waals surface area contributed by atoms with Crippen molar-refractivity contribution in [2.24, 2.45) is 0 Å². The van der Waals surface area contributed by atoms with E-state index in [2.05, 4.69) is 15.3 Å². The van der Waals surface area contributed by atoms with Gasteiger partial charge in [0.2, 0.25) is 0 Å². The SMILES string of the molecule is FC(F)(F)CCOc1ccccc1Nc1ncnc2sccc12. The Bertz CT molecular complexity index is 804. The van der Waals surface area contributed by atoms with Gasteiger partial charge in [-0.1, -0.05) is 12.1 Å². The first-order chi connectivity index (χ1) is 11.0. The topological polar surface area (TPSA) is 47.0 Å². The van der Waals surface area contributed by atoms with E-state index in [1.165, 1.54) is 17.7 Å². The minimum atomic E-state index is -4.24. The molecule has 0 aliphatic carbocycles. The van der Waals surface area contributed by atoms with E-state index in [1.54, 1.807) is 24.3 Å². The second-order valence-corrected chi connectivity index (χ2v) is 5.59. The quantitative estimate of drug-likeness (QED) is 0.728. The fourth-order valence-corrected chi connectivity index (χ4v) is 2.72. The number of halogens is 3. The molecular formula is C15H12F3N3OS. The molecule has 0 bridgehead atoms. The van der Waals surface area contributed by atoms with Gasteiger partial charge < -0.3 is 10.1 Å². The van der Waals surface area contributed by atoms with Crippen molar-refractivity contribution < 1.29 is 17.9 Å². The zero-order valence-corrected chi connectivity index (χ0v) is 12.6. The van der Waals surface area contributed by atoms with Crippen LogP contribution in [0.2, 0.25) is 0 Å². The summed E-state index contributed by atoms with van der Waals surface area (Å²) in [4.78, 5) is 9.17. The molecule has 0 fully saturated rings. The lowest BCUT2D eigenvalue weighted by molar-refractivity contribution is -0.139. The number of benzene rings is 1. The second kappa shape index (κ2) is 6.41. The van der Waals surface area contributed by atoms with Crippen LogP contribution in [0.25, 0.3) is 10.2 Å². The molecule has 0 atom stereocenters. The van der Waals surface area contributed by atoms with Crippen LogP contribution in [0.3, 0.4) is 0 Å². The highest BCUT2D eigenvalue weighted by Crippen LogP contribution is 2.31. The lowest BCUT2D eigenvalue weighted by Gasteiger charge is -2.14. The monoisotopic (exact) mass is 339 g/mol. The highest BCUT2D eigenvalue weighted by Gasteiger charge is 2.27. The van der Waals surface area contributed by atoms with E-state index in [9.17, 15) is 13.2 Å². The number of nitrogens with zero attached hydrogens (tertiary/aromatic N) is 2. The van der Waals surface area contributed by atoms with Gasteiger partial charge in [0, 0.05) is 0 Å². The van der Waals surface area contributed by atoms with Crippen LogP contribution < -0.4 is 10.1 Å². The molecule has 0 unspecified atom stereocenters. The van der Waals surface area contributed by atoms with Crippen molar-refractivity contribution in [3.63, 3.8) is 0 Å². The molecule has 3 rings (SSSR count). The Morgan fingerprint density at radius 2 is 1.96 bits per heavy atom. The van der Waals surface area contributed by atoms with Gasteiger partial charge in [0.1, 0.15) is 22.7 Å². The average molecular weight is 339 g/mol. The van der Waals surface area contributed by atoms with Crippen molar-refractivity contribution in [3.05, 3.63) is 42.0 Å². The molecule has 2 aromatic heterocycles. The molecule has 1 aromatic carbocycles. The Kier molecular flexibility index (Phi) is 4.33. The van der Waals surface area contributed by atoms with Gasteiger partial charge in [-0.3, -0.25) is 0 Å². The highest BCUT2D eigenvalue weighted by molar-refractivity contribution is 7.16. The molecule has 23 heavy (non-hydrogen) atoms. The molecule has 0 aliphatic heterocycles. The Morgan fingerprint density at radius 3 is 2.78 bits per heavy atom. The predicted molar refractivity (Wildman–Crippen MR) is 83.3 cm³/mol. The van der Waals surface area contributed by atoms with Crippen LogP contribution >= 0.6 is 11.3 Å². The number of alkyl halides is 3. The minimum absolute atomic E-state index is 0.346. The van der Waals surface area contributed by atoms with Crippen molar-refractivity contribution >= 4 is 33.1 Å². The third-order valence-electron chi connectivity index (χ3n) is 3.04. The lowest BCUT2D eigenvalue weighted by atomic mass is 10.2. The van der Waals surface area contributed by atoms with Crippen molar-refractivity contribution in [1.82, 2.24) is 9.97 Å². The third-order valence-corrected chi connectivity index (χ3v) is 3.87. The molecule has 0 aliphatic rings. The van der Waals surface area contributed by atoms with Crippen LogP contribution in [0.4, 0.5) is 24.7 Å². The van der Waals surface area contributed by atoms with Gasteiger partial charge >= 0.3 is 6.18 Å². The number of nitrogens with one attached hydrogen (secondary N) is 1. The number of para-hydroxylation sites is 2. The first kappa shape index (κ1) is 15.5. The molecule has 2 heterocycles. The average Bonchev–Trinajstić information content (AvgIpc) is 2.97. The van der Waals surface area contributed by atoms with Crippen molar-refractivity contribution in [2.45, 2.75) is 12.6 Å². The molecule has 1 N–H and O–H groups in total. The van der Waals surface area contributed by atoms with E-state index in [4.69, 9.17) is 4.74 Å². The van der Waals surface area contributed by atoms with Crippen molar-refractivity contribution in [3.8, 4) is 5.75 Å². The summed E-state index contributed by atoms with van der Waals surface area (Å²) in [6.45, 7) is -0.431. The Labute approximate surface area is 134 Å². The number of ether oxygens (including phenoxy) is 1. The van der Waals surface area contributed by atoms with Gasteiger partial charge in [0.05, 0.1) is 24.1 Å². The van der Waals surface area contributed by atoms with Crippen LogP contribution in [-0.4, -0.2) is 22.8 Å². The lowest BCUT2D eigenvalue weighted by Crippen LogP contribution is -2.13. The number of anilines is 2. The molecule has 120 valence electrons. The molecule has 8 heteroatoms. The van der Waals surface area contributed by atoms with Crippen LogP contribution in [0.5, 0.6) is 5.75 Å². The number of thiophene rings is 1. The van der Waals surface area contributed by atoms with Gasteiger partial charge in [-0.05, 0) is 23.6 Å². The van der Waals surface area contributed by atoms with Crippen LogP contribution in [0, 0.1) is 0 Å². The Balaban J connectivity index is 1.79. The Morgan fingerprint density at radius 1 is 1.13 bits per heavy atom. The number of hydrogen-bond donors (Lipinski definition) is 1. The smallest absolute Gasteiger partial charge is 0.392 e. The first-order valence-corrected chi connectivity index (χ1v) is 7.65. The van der Waals surface area contributed by atoms with E-state index >= 15 is 0 Å². The fourth-order valence-electron chi connectivity index (χ4n) is 1.99. The molecule has 0 amide bonds. The van der Waals surface area contributed by atoms with E-state index in [-0.39, 0.29) is 0 Å². The van der Waals surface area contributed by atoms with Crippen molar-refractivity contribution in [2.75, 3.05) is 11.9 Å². The summed E-state index contributed by atoms with van der Waals surface area (Å²) in [5.74, 6) is 0.932. The Hall–Kier alpha value is -2.35. The zero-order chi connectivity index (χ0) is 16.3. The summed E-state index contributed by atoms with van der Waals surface area (Å²) >= 11 is 1.49. The van der Waals surface area contributed by atoms with Gasteiger partial charge in [0.15, 0.2) is 0 Å². The van der Waals surface area contributed by atoms with E-state index < -0.39 is 19.2 Å². The normalized spacial score (nSPS) is 11.6. The summed E-state index contributed by atoms with van der Waals surface area (Å²) in [6.07, 6.45) is -3.80. The molecule has 0 radical (unpaired) electrons. The second-order valence-electron chi connectivity index (χ2n) is 4.70. The number of hydrogen-bond acceptors (Lipinski definition) is 5. The van der Waals surface area contributed by atoms with E-state index in [0.717, 1.165) is 10.2 Å². The van der Waals surface area contributed by atoms with Gasteiger partial charge in [-0.15, -0.1) is 11.3 Å². The van der Waals surface area contributed by atoms with E-state index in [0.29, 0.717) is 17.3 Å². The molecule has 0 saturated carbocycles. The van der Waals surface area contributed by atoms with Crippen LogP contribution in [-0.2, 0) is 0 Å². The summed E-state index contributed by atoms with van der Waals surface area (Å²) in [6, 6.07) is 8.70. The first-order valence-electron chi connectivity index (χ1n) is 6.77. The van der Waals surface area contributed by atoms with Crippen LogP contribution in [0.1, 0.15) is 6.42 Å². The number of rotatable bonds is 5. The van der Waals surface area contributed by atoms with Gasteiger partial charge in [0.25, 0.3) is 0 Å². The zero-order valence-electron chi connectivity index (χ0n) is 11.8. The van der Waals surface area contributed by atoms with Crippen molar-refractivity contribution in [1.29, 1.82) is 0 Å². The number of aromatic nitrogens is 2. The maximum atomic E-state index is 12.2. The molecule has 0 saturated heterocycles. The summed E-state index contributed by atoms with van der Waals surface area (Å²) < 4.78 is 42.0. The summed E-state index contributed by atoms with van der Waals surface area (Å²) in [5, 5.41) is 5.85. The fraction of sp³-hybridized carbons (Fsp3) is 0.200. The van der Waals surface area contributed by atoms with Crippen LogP contribution in [0.15, 0.2) is 42.0 Å². The maximum Gasteiger partial charge on any atom is 0.392 e. The molecule has 0 spiro atoms. The molecular weight excluding hydrogens is 327 g/mol. The standard InChI is InChI=1S/C15H12F3N3OS/c16-15(17,18)6-7-22-12-4-2-1-3-11(12)21-13-10-5-8-23-14(10)20-9-19-13/h1-5,8-9H,6-7H2,(H,19,20,21). The third kappa shape index (κ3) is 3.89. The van der Waals surface area contributed by atoms with Gasteiger partial charge in [-0.2, -0.15) is 13.2 Å². The minimum Gasteiger partial charge on any atom is -0.491 e. The summed E-state index contributed by atoms with van der Waals surface area (Å²) in [7, 11) is 0. The highest BCUT2D eigenvalue weighted by atomic mass is 32.1. The largest absolute Gasteiger partial charge is 0.491 e. The molecule has 3 aromatic rings.